The molecule has 1 atom stereocenters. The molecule has 0 aliphatic heterocycles. The summed E-state index contributed by atoms with van der Waals surface area (Å²) >= 11 is 0. The minimum atomic E-state index is -0.754. The van der Waals surface area contributed by atoms with Crippen LogP contribution in [0.25, 0.3) is 33.3 Å². The molecule has 3 aliphatic carbocycles. The van der Waals surface area contributed by atoms with Crippen molar-refractivity contribution in [3.63, 3.8) is 0 Å². The monoisotopic (exact) mass is 476 g/mol. The number of hydrogen-bond donors (Lipinski definition) is 2. The van der Waals surface area contributed by atoms with Gasteiger partial charge in [-0.1, -0.05) is 12.8 Å². The van der Waals surface area contributed by atoms with Gasteiger partial charge in [-0.15, -0.1) is 0 Å². The van der Waals surface area contributed by atoms with Gasteiger partial charge in [0.1, 0.15) is 17.7 Å². The molecule has 2 bridgehead atoms. The summed E-state index contributed by atoms with van der Waals surface area (Å²) in [6.45, 7) is 0. The zero-order valence-corrected chi connectivity index (χ0v) is 19.1. The smallest absolute Gasteiger partial charge is 0.174 e. The third-order valence-corrected chi connectivity index (χ3v) is 7.57. The highest BCUT2D eigenvalue weighted by Gasteiger charge is 2.36. The molecule has 0 amide bonds. The van der Waals surface area contributed by atoms with Crippen molar-refractivity contribution in [3.8, 4) is 28.5 Å². The lowest BCUT2D eigenvalue weighted by molar-refractivity contribution is 0.157. The molecule has 2 N–H and O–H groups in total. The molecule has 0 spiro atoms. The van der Waals surface area contributed by atoms with E-state index in [-0.39, 0.29) is 39.6 Å². The summed E-state index contributed by atoms with van der Waals surface area (Å²) in [5, 5.41) is 17.8. The van der Waals surface area contributed by atoms with Crippen molar-refractivity contribution in [2.45, 2.75) is 38.1 Å². The highest BCUT2D eigenvalue weighted by atomic mass is 19.1. The van der Waals surface area contributed by atoms with Gasteiger partial charge in [-0.05, 0) is 37.2 Å². The number of fused-ring (bicyclic) bond motifs is 4. The van der Waals surface area contributed by atoms with E-state index < -0.39 is 17.5 Å². The van der Waals surface area contributed by atoms with Crippen LogP contribution >= 0.6 is 0 Å². The Morgan fingerprint density at radius 2 is 1.97 bits per heavy atom. The number of nitrogens with zero attached hydrogens (tertiary/aromatic N) is 4. The Labute approximate surface area is 199 Å². The summed E-state index contributed by atoms with van der Waals surface area (Å²) in [4.78, 5) is 7.38. The summed E-state index contributed by atoms with van der Waals surface area (Å²) in [5.74, 6) is -1.02. The molecular weight excluding hydrogens is 453 g/mol. The van der Waals surface area contributed by atoms with E-state index >= 15 is 4.39 Å². The molecule has 0 radical (unpaired) electrons. The first-order valence-corrected chi connectivity index (χ1v) is 11.8. The molecule has 3 aliphatic rings. The number of nitriles is 1. The molecule has 3 heterocycles. The fourth-order valence-corrected chi connectivity index (χ4v) is 5.87. The molecule has 3 fully saturated rings. The van der Waals surface area contributed by atoms with Crippen LogP contribution in [0.15, 0.2) is 30.7 Å². The zero-order chi connectivity index (χ0) is 24.3. The molecule has 178 valence electrons. The second-order valence-corrected chi connectivity index (χ2v) is 9.67. The number of aryl methyl sites for hydroxylation is 1. The number of anilines is 1. The summed E-state index contributed by atoms with van der Waals surface area (Å²) < 4.78 is 46.1. The van der Waals surface area contributed by atoms with Crippen molar-refractivity contribution in [2.75, 3.05) is 5.32 Å². The highest BCUT2D eigenvalue weighted by Crippen LogP contribution is 2.44. The van der Waals surface area contributed by atoms with Crippen LogP contribution in [0.1, 0.15) is 37.7 Å². The van der Waals surface area contributed by atoms with E-state index in [1.807, 2.05) is 0 Å². The van der Waals surface area contributed by atoms with Gasteiger partial charge in [0.05, 0.1) is 23.0 Å². The second-order valence-electron chi connectivity index (χ2n) is 9.67. The number of hydrogen-bond acceptors (Lipinski definition) is 4. The van der Waals surface area contributed by atoms with Crippen LogP contribution in [0.4, 0.5) is 19.0 Å². The van der Waals surface area contributed by atoms with Crippen LogP contribution in [-0.4, -0.2) is 25.8 Å². The van der Waals surface area contributed by atoms with Crippen molar-refractivity contribution >= 4 is 16.7 Å². The first-order chi connectivity index (χ1) is 16.9. The first-order valence-electron chi connectivity index (χ1n) is 11.8. The summed E-state index contributed by atoms with van der Waals surface area (Å²) in [5.41, 5.74) is 1.06. The molecule has 1 unspecified atom stereocenters. The Hall–Kier alpha value is -3.80. The maximum Gasteiger partial charge on any atom is 0.174 e. The average Bonchev–Trinajstić information content (AvgIpc) is 3.47. The van der Waals surface area contributed by atoms with Gasteiger partial charge in [-0.2, -0.15) is 10.4 Å². The molecule has 1 aromatic carbocycles. The van der Waals surface area contributed by atoms with Gasteiger partial charge in [-0.25, -0.2) is 18.2 Å². The molecule has 35 heavy (non-hydrogen) atoms. The standard InChI is InChI=1S/C26H23F3N6/c1-35-12-15(10-32-35)22-18(9-30)24(19-11-31-25-17(19)7-16(27)8-20(25)28)34-26(23(22)29)33-21-6-13-2-4-14(21)5-3-13/h7-8,10-14,21,31H,2-6H2,1H3,(H,33,34). The van der Waals surface area contributed by atoms with Crippen LogP contribution in [0.3, 0.4) is 0 Å². The van der Waals surface area contributed by atoms with Crippen molar-refractivity contribution in [3.05, 3.63) is 53.7 Å². The predicted octanol–water partition coefficient (Wildman–Crippen LogP) is 5.91. The lowest BCUT2D eigenvalue weighted by Crippen LogP contribution is -2.40. The SMILES string of the molecule is Cn1cc(-c2c(F)c(NC3CC4CCC3CC4)nc(-c3c[nH]c4c(F)cc(F)cc34)c2C#N)cn1. The Kier molecular flexibility index (Phi) is 5.06. The topological polar surface area (TPSA) is 82.3 Å². The van der Waals surface area contributed by atoms with Crippen molar-refractivity contribution in [1.82, 2.24) is 19.7 Å². The van der Waals surface area contributed by atoms with E-state index in [1.165, 1.54) is 36.0 Å². The van der Waals surface area contributed by atoms with E-state index in [0.29, 0.717) is 23.0 Å². The Morgan fingerprint density at radius 1 is 1.17 bits per heavy atom. The van der Waals surface area contributed by atoms with Crippen LogP contribution in [-0.2, 0) is 7.05 Å². The zero-order valence-electron chi connectivity index (χ0n) is 19.1. The summed E-state index contributed by atoms with van der Waals surface area (Å²) in [6.07, 6.45) is 10.1. The van der Waals surface area contributed by atoms with Crippen molar-refractivity contribution in [2.24, 2.45) is 18.9 Å². The number of aromatic nitrogens is 4. The minimum absolute atomic E-state index is 0.0169. The van der Waals surface area contributed by atoms with E-state index in [0.717, 1.165) is 25.3 Å². The number of aromatic amines is 1. The molecule has 3 aromatic heterocycles. The Bertz CT molecular complexity index is 1490. The van der Waals surface area contributed by atoms with Gasteiger partial charge in [0.2, 0.25) is 0 Å². The summed E-state index contributed by atoms with van der Waals surface area (Å²) in [6, 6.07) is 4.15. The van der Waals surface area contributed by atoms with Gasteiger partial charge >= 0.3 is 0 Å². The highest BCUT2D eigenvalue weighted by molar-refractivity contribution is 5.98. The lowest BCUT2D eigenvalue weighted by atomic mass is 9.68. The van der Waals surface area contributed by atoms with Crippen LogP contribution in [0.5, 0.6) is 0 Å². The van der Waals surface area contributed by atoms with Crippen LogP contribution in [0.2, 0.25) is 0 Å². The number of benzene rings is 1. The van der Waals surface area contributed by atoms with E-state index in [9.17, 15) is 14.0 Å². The number of pyridine rings is 1. The van der Waals surface area contributed by atoms with E-state index in [4.69, 9.17) is 0 Å². The quantitative estimate of drug-likeness (QED) is 0.384. The second kappa shape index (κ2) is 8.15. The lowest BCUT2D eigenvalue weighted by Gasteiger charge is -2.42. The van der Waals surface area contributed by atoms with Gasteiger partial charge in [-0.3, -0.25) is 4.68 Å². The molecule has 7 rings (SSSR count). The third-order valence-electron chi connectivity index (χ3n) is 7.57. The molecule has 6 nitrogen and oxygen atoms in total. The number of nitrogens with one attached hydrogen (secondary N) is 2. The first kappa shape index (κ1) is 21.7. The van der Waals surface area contributed by atoms with Gasteiger partial charge < -0.3 is 10.3 Å². The maximum absolute atomic E-state index is 16.0. The van der Waals surface area contributed by atoms with E-state index in [1.54, 1.807) is 13.2 Å². The molecule has 4 aromatic rings. The fourth-order valence-electron chi connectivity index (χ4n) is 5.87. The van der Waals surface area contributed by atoms with Gasteiger partial charge in [0, 0.05) is 53.6 Å². The van der Waals surface area contributed by atoms with Crippen LogP contribution < -0.4 is 5.32 Å². The molecular formula is C26H23F3N6. The Morgan fingerprint density at radius 3 is 2.63 bits per heavy atom. The largest absolute Gasteiger partial charge is 0.365 e. The van der Waals surface area contributed by atoms with Crippen LogP contribution in [0, 0.1) is 40.6 Å². The minimum Gasteiger partial charge on any atom is -0.365 e. The molecule has 9 heteroatoms. The fraction of sp³-hybridized carbons (Fsp3) is 0.346. The maximum atomic E-state index is 16.0. The number of H-pyrrole nitrogens is 1. The van der Waals surface area contributed by atoms with Gasteiger partial charge in [0.15, 0.2) is 11.6 Å². The Balaban J connectivity index is 1.57. The summed E-state index contributed by atoms with van der Waals surface area (Å²) in [7, 11) is 1.71. The van der Waals surface area contributed by atoms with Crippen molar-refractivity contribution in [1.29, 1.82) is 5.26 Å². The van der Waals surface area contributed by atoms with Gasteiger partial charge in [0.25, 0.3) is 0 Å². The average molecular weight is 477 g/mol. The normalized spacial score (nSPS) is 21.4. The van der Waals surface area contributed by atoms with Crippen molar-refractivity contribution < 1.29 is 13.2 Å². The molecule has 0 saturated heterocycles. The third kappa shape index (κ3) is 3.55. The molecule has 3 saturated carbocycles. The van der Waals surface area contributed by atoms with E-state index in [2.05, 4.69) is 26.5 Å². The predicted molar refractivity (Wildman–Crippen MR) is 126 cm³/mol. The number of rotatable bonds is 4. The number of halogens is 3.